The molecule has 17 heavy (non-hydrogen) atoms. The molecule has 1 amide bonds. The highest BCUT2D eigenvalue weighted by atomic mass is 16.1. The van der Waals surface area contributed by atoms with E-state index in [1.807, 2.05) is 10.8 Å². The van der Waals surface area contributed by atoms with Gasteiger partial charge in [-0.3, -0.25) is 4.79 Å². The minimum Gasteiger partial charge on any atom is -0.356 e. The van der Waals surface area contributed by atoms with Gasteiger partial charge in [-0.05, 0) is 12.8 Å². The number of amides is 1. The van der Waals surface area contributed by atoms with Crippen LogP contribution in [-0.2, 0) is 11.3 Å². The Balaban J connectivity index is 2.04. The molecule has 1 aromatic rings. The van der Waals surface area contributed by atoms with E-state index in [0.29, 0.717) is 13.0 Å². The Labute approximate surface area is 102 Å². The van der Waals surface area contributed by atoms with Crippen molar-refractivity contribution in [3.8, 4) is 0 Å². The third kappa shape index (κ3) is 6.06. The summed E-state index contributed by atoms with van der Waals surface area (Å²) in [6.45, 7) is 3.64. The number of imidazole rings is 1. The normalized spacial score (nSPS) is 12.4. The van der Waals surface area contributed by atoms with Gasteiger partial charge in [-0.2, -0.15) is 0 Å². The van der Waals surface area contributed by atoms with Crippen LogP contribution in [0.4, 0.5) is 0 Å². The molecule has 1 unspecified atom stereocenters. The molecule has 1 rings (SSSR count). The summed E-state index contributed by atoms with van der Waals surface area (Å²) in [7, 11) is 0. The van der Waals surface area contributed by atoms with Crippen molar-refractivity contribution >= 4 is 5.91 Å². The maximum absolute atomic E-state index is 11.5. The van der Waals surface area contributed by atoms with Crippen LogP contribution in [0.15, 0.2) is 18.7 Å². The van der Waals surface area contributed by atoms with Crippen LogP contribution < -0.4 is 11.1 Å². The summed E-state index contributed by atoms with van der Waals surface area (Å²) in [6.07, 6.45) is 8.71. The van der Waals surface area contributed by atoms with Crippen LogP contribution in [0.1, 0.15) is 32.6 Å². The number of hydrogen-bond donors (Lipinski definition) is 2. The second-order valence-corrected chi connectivity index (χ2v) is 4.26. The number of nitrogens with two attached hydrogens (primary N) is 1. The quantitative estimate of drug-likeness (QED) is 0.661. The van der Waals surface area contributed by atoms with Crippen molar-refractivity contribution in [2.45, 2.75) is 45.2 Å². The SMILES string of the molecule is CCCC(N)CC(=O)NCCCn1ccnc1. The van der Waals surface area contributed by atoms with Gasteiger partial charge in [0.05, 0.1) is 6.33 Å². The van der Waals surface area contributed by atoms with Crippen LogP contribution in [-0.4, -0.2) is 28.0 Å². The van der Waals surface area contributed by atoms with Crippen molar-refractivity contribution < 1.29 is 4.79 Å². The van der Waals surface area contributed by atoms with Crippen molar-refractivity contribution in [3.63, 3.8) is 0 Å². The fraction of sp³-hybridized carbons (Fsp3) is 0.667. The predicted molar refractivity (Wildman–Crippen MR) is 67.4 cm³/mol. The van der Waals surface area contributed by atoms with Gasteiger partial charge in [-0.25, -0.2) is 4.98 Å². The molecule has 1 heterocycles. The summed E-state index contributed by atoms with van der Waals surface area (Å²) in [5, 5.41) is 2.88. The zero-order chi connectivity index (χ0) is 12.5. The molecule has 0 saturated carbocycles. The summed E-state index contributed by atoms with van der Waals surface area (Å²) >= 11 is 0. The fourth-order valence-electron chi connectivity index (χ4n) is 1.69. The van der Waals surface area contributed by atoms with Crippen LogP contribution in [0.25, 0.3) is 0 Å². The van der Waals surface area contributed by atoms with Crippen LogP contribution in [0, 0.1) is 0 Å². The Kier molecular flexibility index (Phi) is 6.32. The van der Waals surface area contributed by atoms with Gasteiger partial charge < -0.3 is 15.6 Å². The first-order chi connectivity index (χ1) is 8.22. The Morgan fingerprint density at radius 1 is 1.59 bits per heavy atom. The van der Waals surface area contributed by atoms with Gasteiger partial charge in [-0.15, -0.1) is 0 Å². The zero-order valence-electron chi connectivity index (χ0n) is 10.4. The average molecular weight is 238 g/mol. The van der Waals surface area contributed by atoms with E-state index in [1.165, 1.54) is 0 Å². The molecule has 5 heteroatoms. The second-order valence-electron chi connectivity index (χ2n) is 4.26. The lowest BCUT2D eigenvalue weighted by Gasteiger charge is -2.10. The molecule has 0 aromatic carbocycles. The summed E-state index contributed by atoms with van der Waals surface area (Å²) in [6, 6.07) is -0.00588. The van der Waals surface area contributed by atoms with Gasteiger partial charge >= 0.3 is 0 Å². The summed E-state index contributed by atoms with van der Waals surface area (Å²) < 4.78 is 2.00. The van der Waals surface area contributed by atoms with E-state index < -0.39 is 0 Å². The molecule has 0 radical (unpaired) electrons. The molecular weight excluding hydrogens is 216 g/mol. The highest BCUT2D eigenvalue weighted by Crippen LogP contribution is 1.98. The lowest BCUT2D eigenvalue weighted by Crippen LogP contribution is -2.32. The number of rotatable bonds is 8. The summed E-state index contributed by atoms with van der Waals surface area (Å²) in [5.41, 5.74) is 5.79. The van der Waals surface area contributed by atoms with E-state index >= 15 is 0 Å². The molecule has 0 aliphatic heterocycles. The minimum atomic E-state index is -0.00588. The second kappa shape index (κ2) is 7.84. The number of aryl methyl sites for hydroxylation is 1. The standard InChI is InChI=1S/C12H22N4O/c1-2-4-11(13)9-12(17)15-5-3-7-16-8-6-14-10-16/h6,8,10-11H,2-5,7,9,13H2,1H3,(H,15,17). The maximum atomic E-state index is 11.5. The van der Waals surface area contributed by atoms with Crippen molar-refractivity contribution in [2.75, 3.05) is 6.54 Å². The molecular formula is C12H22N4O. The highest BCUT2D eigenvalue weighted by Gasteiger charge is 2.07. The molecule has 0 saturated heterocycles. The molecule has 0 aliphatic rings. The van der Waals surface area contributed by atoms with Crippen LogP contribution in [0.2, 0.25) is 0 Å². The molecule has 3 N–H and O–H groups in total. The van der Waals surface area contributed by atoms with Crippen molar-refractivity contribution in [3.05, 3.63) is 18.7 Å². The highest BCUT2D eigenvalue weighted by molar-refractivity contribution is 5.76. The molecule has 0 bridgehead atoms. The molecule has 0 aliphatic carbocycles. The Morgan fingerprint density at radius 2 is 2.41 bits per heavy atom. The van der Waals surface area contributed by atoms with Gasteiger partial charge in [0.25, 0.3) is 0 Å². The van der Waals surface area contributed by atoms with Gasteiger partial charge in [0.2, 0.25) is 5.91 Å². The molecule has 0 spiro atoms. The zero-order valence-corrected chi connectivity index (χ0v) is 10.4. The van der Waals surface area contributed by atoms with Gasteiger partial charge in [-0.1, -0.05) is 13.3 Å². The minimum absolute atomic E-state index is 0.00588. The topological polar surface area (TPSA) is 72.9 Å². The maximum Gasteiger partial charge on any atom is 0.221 e. The third-order valence-corrected chi connectivity index (χ3v) is 2.58. The van der Waals surface area contributed by atoms with Crippen LogP contribution in [0.3, 0.4) is 0 Å². The van der Waals surface area contributed by atoms with E-state index in [-0.39, 0.29) is 11.9 Å². The van der Waals surface area contributed by atoms with Crippen molar-refractivity contribution in [1.82, 2.24) is 14.9 Å². The first kappa shape index (κ1) is 13.7. The lowest BCUT2D eigenvalue weighted by molar-refractivity contribution is -0.121. The van der Waals surface area contributed by atoms with Crippen molar-refractivity contribution in [1.29, 1.82) is 0 Å². The predicted octanol–water partition coefficient (Wildman–Crippen LogP) is 0.907. The summed E-state index contributed by atoms with van der Waals surface area (Å²) in [4.78, 5) is 15.4. The Morgan fingerprint density at radius 3 is 3.06 bits per heavy atom. The number of aromatic nitrogens is 2. The smallest absolute Gasteiger partial charge is 0.221 e. The van der Waals surface area contributed by atoms with Crippen LogP contribution >= 0.6 is 0 Å². The number of carbonyl (C=O) groups is 1. The van der Waals surface area contributed by atoms with Crippen LogP contribution in [0.5, 0.6) is 0 Å². The number of nitrogens with one attached hydrogen (secondary N) is 1. The number of hydrogen-bond acceptors (Lipinski definition) is 3. The molecule has 5 nitrogen and oxygen atoms in total. The molecule has 1 aromatic heterocycles. The monoisotopic (exact) mass is 238 g/mol. The third-order valence-electron chi connectivity index (χ3n) is 2.58. The van der Waals surface area contributed by atoms with E-state index in [4.69, 9.17) is 5.73 Å². The Hall–Kier alpha value is -1.36. The lowest BCUT2D eigenvalue weighted by atomic mass is 10.1. The first-order valence-electron chi connectivity index (χ1n) is 6.20. The van der Waals surface area contributed by atoms with Gasteiger partial charge in [0.15, 0.2) is 0 Å². The number of carbonyl (C=O) groups excluding carboxylic acids is 1. The molecule has 96 valence electrons. The van der Waals surface area contributed by atoms with Crippen molar-refractivity contribution in [2.24, 2.45) is 5.73 Å². The van der Waals surface area contributed by atoms with E-state index in [2.05, 4.69) is 17.2 Å². The molecule has 1 atom stereocenters. The molecule has 0 fully saturated rings. The first-order valence-corrected chi connectivity index (χ1v) is 6.20. The Bertz CT molecular complexity index is 310. The van der Waals surface area contributed by atoms with E-state index in [1.54, 1.807) is 12.5 Å². The fourth-order valence-corrected chi connectivity index (χ4v) is 1.69. The van der Waals surface area contributed by atoms with E-state index in [0.717, 1.165) is 25.8 Å². The number of nitrogens with zero attached hydrogens (tertiary/aromatic N) is 2. The summed E-state index contributed by atoms with van der Waals surface area (Å²) in [5.74, 6) is 0.0524. The largest absolute Gasteiger partial charge is 0.356 e. The van der Waals surface area contributed by atoms with E-state index in [9.17, 15) is 4.79 Å². The van der Waals surface area contributed by atoms with Gasteiger partial charge in [0, 0.05) is 37.9 Å². The van der Waals surface area contributed by atoms with Gasteiger partial charge in [0.1, 0.15) is 0 Å². The average Bonchev–Trinajstić information content (AvgIpc) is 2.77.